The van der Waals surface area contributed by atoms with Crippen molar-refractivity contribution in [1.29, 1.82) is 0 Å². The Labute approximate surface area is 193 Å². The number of hydrogen-bond donors (Lipinski definition) is 0. The van der Waals surface area contributed by atoms with E-state index in [9.17, 15) is 34.2 Å². The molecule has 0 rings (SSSR count). The van der Waals surface area contributed by atoms with E-state index in [1.165, 1.54) is 0 Å². The fourth-order valence-electron chi connectivity index (χ4n) is 0.766. The van der Waals surface area contributed by atoms with Crippen LogP contribution in [0.1, 0.15) is 0 Å². The second-order valence-electron chi connectivity index (χ2n) is 2.48. The molecule has 0 saturated carbocycles. The molecule has 0 aliphatic carbocycles. The van der Waals surface area contributed by atoms with Crippen molar-refractivity contribution < 1.29 is 152 Å². The molecule has 0 fully saturated rings. The molecule has 0 aliphatic heterocycles. The molecule has 0 radical (unpaired) electrons. The fourth-order valence-corrected chi connectivity index (χ4v) is 1.46. The molecule has 0 N–H and O–H groups in total. The van der Waals surface area contributed by atoms with Gasteiger partial charge in [-0.3, -0.25) is 4.90 Å². The number of nitrogens with zero attached hydrogens (tertiary/aromatic N) is 1. The molecule has 0 heterocycles. The average molecular weight is 315 g/mol. The van der Waals surface area contributed by atoms with Gasteiger partial charge >= 0.3 is 118 Å². The van der Waals surface area contributed by atoms with Crippen LogP contribution in [0.15, 0.2) is 0 Å². The topological polar surface area (TPSA) is 147 Å². The van der Waals surface area contributed by atoms with Gasteiger partial charge in [-0.1, -0.05) is 7.60 Å². The summed E-state index contributed by atoms with van der Waals surface area (Å²) in [6.07, 6.45) is -1.19. The molecule has 0 aromatic heterocycles. The first-order chi connectivity index (χ1) is 6.20. The van der Waals surface area contributed by atoms with Gasteiger partial charge in [0.15, 0.2) is 0 Å². The summed E-state index contributed by atoms with van der Waals surface area (Å²) in [4.78, 5) is 40.8. The van der Waals surface area contributed by atoms with Gasteiger partial charge < -0.3 is 34.2 Å². The second kappa shape index (κ2) is 16.4. The van der Waals surface area contributed by atoms with Crippen LogP contribution in [0.2, 0.25) is 0 Å². The Kier molecular flexibility index (Phi) is 30.0. The molecule has 0 atom stereocenters. The maximum atomic E-state index is 10.2. The van der Waals surface area contributed by atoms with Gasteiger partial charge in [0.1, 0.15) is 0 Å². The monoisotopic (exact) mass is 315 g/mol. The van der Waals surface area contributed by atoms with E-state index in [-0.39, 0.29) is 118 Å². The van der Waals surface area contributed by atoms with Crippen LogP contribution in [0, 0.1) is 0 Å². The van der Waals surface area contributed by atoms with Crippen molar-refractivity contribution in [2.75, 3.05) is 19.4 Å². The van der Waals surface area contributed by atoms with E-state index in [1.807, 2.05) is 0 Å². The second-order valence-corrected chi connectivity index (χ2v) is 3.99. The molecule has 0 aromatic rings. The fraction of sp³-hybridized carbons (Fsp3) is 0.600. The van der Waals surface area contributed by atoms with Crippen LogP contribution in [-0.4, -0.2) is 36.2 Å². The molecule has 82 valence electrons. The van der Waals surface area contributed by atoms with Crippen molar-refractivity contribution in [1.82, 2.24) is 4.90 Å². The van der Waals surface area contributed by atoms with E-state index in [0.717, 1.165) is 0 Å². The molecule has 0 aromatic carbocycles. The average Bonchev–Trinajstić information content (AvgIpc) is 1.77. The minimum atomic E-state index is -4.99. The Morgan fingerprint density at radius 2 is 1.17 bits per heavy atom. The number of aliphatic carboxylic acids is 2. The maximum absolute atomic E-state index is 10.2. The first-order valence-electron chi connectivity index (χ1n) is 3.34. The molecule has 0 bridgehead atoms. The number of carbonyl (C=O) groups is 2. The smallest absolute Gasteiger partial charge is 0.810 e. The molecule has 0 saturated heterocycles. The van der Waals surface area contributed by atoms with E-state index in [1.54, 1.807) is 0 Å². The summed E-state index contributed by atoms with van der Waals surface area (Å²) in [5, 5.41) is 20.0. The number of carbonyl (C=O) groups excluding carboxylic acids is 2. The maximum Gasteiger partial charge on any atom is 1.00 e. The quantitative estimate of drug-likeness (QED) is 0.347. The molecule has 18 heavy (non-hydrogen) atoms. The number of hydrogen-bond acceptors (Lipinski definition) is 8. The van der Waals surface area contributed by atoms with E-state index < -0.39 is 38.9 Å². The summed E-state index contributed by atoms with van der Waals surface area (Å²) in [6, 6.07) is 0. The Morgan fingerprint density at radius 1 is 0.889 bits per heavy atom. The van der Waals surface area contributed by atoms with Crippen molar-refractivity contribution in [2.45, 2.75) is 0 Å². The zero-order chi connectivity index (χ0) is 11.4. The molecular formula is C5H6NNa4O7P. The molecule has 0 aliphatic rings. The third-order valence-electron chi connectivity index (χ3n) is 1.08. The minimum Gasteiger partial charge on any atom is -0.810 e. The van der Waals surface area contributed by atoms with E-state index in [2.05, 4.69) is 0 Å². The Bertz CT molecular complexity index is 269. The Hall–Kier alpha value is 3.05. The van der Waals surface area contributed by atoms with Crippen LogP contribution in [0.3, 0.4) is 0 Å². The summed E-state index contributed by atoms with van der Waals surface area (Å²) < 4.78 is 10.2. The van der Waals surface area contributed by atoms with Crippen LogP contribution in [0.4, 0.5) is 0 Å². The van der Waals surface area contributed by atoms with Gasteiger partial charge in [0, 0.05) is 19.4 Å². The van der Waals surface area contributed by atoms with Crippen molar-refractivity contribution in [3.63, 3.8) is 0 Å². The molecule has 0 spiro atoms. The van der Waals surface area contributed by atoms with Crippen molar-refractivity contribution >= 4 is 19.5 Å². The molecule has 0 amide bonds. The minimum absolute atomic E-state index is 0. The Balaban J connectivity index is -0.000000141. The summed E-state index contributed by atoms with van der Waals surface area (Å²) in [5.74, 6) is -3.36. The normalized spacial score (nSPS) is 9.06. The van der Waals surface area contributed by atoms with Gasteiger partial charge in [-0.15, -0.1) is 0 Å². The first-order valence-corrected chi connectivity index (χ1v) is 5.06. The van der Waals surface area contributed by atoms with Crippen molar-refractivity contribution in [2.24, 2.45) is 0 Å². The molecule has 13 heteroatoms. The van der Waals surface area contributed by atoms with Crippen LogP contribution >= 0.6 is 7.60 Å². The Morgan fingerprint density at radius 3 is 1.33 bits per heavy atom. The first kappa shape index (κ1) is 32.8. The zero-order valence-electron chi connectivity index (χ0n) is 10.9. The standard InChI is InChI=1S/C5H10NO7P.4Na/c7-4(8)1-6(2-5(9)10)3-14(11,12)13;;;;/h1-3H2,(H,7,8)(H,9,10)(H2,11,12,13);;;;/q;4*+1/p-4. The predicted octanol–water partition coefficient (Wildman–Crippen LogP) is -17.3. The molecular weight excluding hydrogens is 309 g/mol. The zero-order valence-corrected chi connectivity index (χ0v) is 19.8. The number of carboxylic acid groups (broad SMARTS) is 2. The van der Waals surface area contributed by atoms with Gasteiger partial charge in [-0.05, 0) is 0 Å². The molecule has 0 unspecified atom stereocenters. The van der Waals surface area contributed by atoms with Gasteiger partial charge in [0.2, 0.25) is 0 Å². The number of rotatable bonds is 6. The third-order valence-corrected chi connectivity index (χ3v) is 1.83. The summed E-state index contributed by atoms with van der Waals surface area (Å²) in [7, 11) is -4.99. The summed E-state index contributed by atoms with van der Waals surface area (Å²) in [5.41, 5.74) is 0. The number of carboxylic acids is 2. The van der Waals surface area contributed by atoms with Gasteiger partial charge in [-0.2, -0.15) is 0 Å². The largest absolute Gasteiger partial charge is 1.00 e. The van der Waals surface area contributed by atoms with Gasteiger partial charge in [0.25, 0.3) is 0 Å². The van der Waals surface area contributed by atoms with Gasteiger partial charge in [0.05, 0.1) is 11.9 Å². The van der Waals surface area contributed by atoms with Crippen LogP contribution < -0.4 is 138 Å². The summed E-state index contributed by atoms with van der Waals surface area (Å²) in [6.45, 7) is -1.91. The van der Waals surface area contributed by atoms with Crippen molar-refractivity contribution in [3.05, 3.63) is 0 Å². The third kappa shape index (κ3) is 24.1. The van der Waals surface area contributed by atoms with E-state index in [0.29, 0.717) is 4.90 Å². The van der Waals surface area contributed by atoms with Crippen LogP contribution in [-0.2, 0) is 14.2 Å². The molecule has 8 nitrogen and oxygen atoms in total. The van der Waals surface area contributed by atoms with Crippen LogP contribution in [0.25, 0.3) is 0 Å². The van der Waals surface area contributed by atoms with Crippen LogP contribution in [0.5, 0.6) is 0 Å². The SMILES string of the molecule is O=C([O-])CN(CC(=O)[O-])CP(=O)([O-])[O-].[Na+].[Na+].[Na+].[Na+]. The van der Waals surface area contributed by atoms with Gasteiger partial charge in [-0.25, -0.2) is 0 Å². The van der Waals surface area contributed by atoms with E-state index >= 15 is 0 Å². The van der Waals surface area contributed by atoms with E-state index in [4.69, 9.17) is 0 Å². The summed E-state index contributed by atoms with van der Waals surface area (Å²) >= 11 is 0. The van der Waals surface area contributed by atoms with Crippen molar-refractivity contribution in [3.8, 4) is 0 Å². The predicted molar refractivity (Wildman–Crippen MR) is 34.1 cm³/mol.